The molecule has 0 aliphatic heterocycles. The van der Waals surface area contributed by atoms with Crippen molar-refractivity contribution in [1.29, 1.82) is 0 Å². The van der Waals surface area contributed by atoms with E-state index in [9.17, 15) is 13.2 Å². The lowest BCUT2D eigenvalue weighted by atomic mass is 10.3. The van der Waals surface area contributed by atoms with Crippen LogP contribution in [0.2, 0.25) is 0 Å². The summed E-state index contributed by atoms with van der Waals surface area (Å²) in [6, 6.07) is 5.96. The van der Waals surface area contributed by atoms with Crippen LogP contribution in [0.3, 0.4) is 0 Å². The Kier molecular flexibility index (Phi) is 3.47. The highest BCUT2D eigenvalue weighted by Gasteiger charge is 2.14. The van der Waals surface area contributed by atoms with Gasteiger partial charge in [-0.1, -0.05) is 0 Å². The van der Waals surface area contributed by atoms with Crippen LogP contribution in [-0.2, 0) is 14.6 Å². The SMILES string of the molecule is CC(=O)CCS(=O)(=O)c1ccc(N)cc1. The monoisotopic (exact) mass is 227 g/mol. The molecule has 2 N–H and O–H groups in total. The van der Waals surface area contributed by atoms with Crippen molar-refractivity contribution < 1.29 is 13.2 Å². The van der Waals surface area contributed by atoms with E-state index in [0.717, 1.165) is 0 Å². The van der Waals surface area contributed by atoms with Gasteiger partial charge in [0.1, 0.15) is 5.78 Å². The lowest BCUT2D eigenvalue weighted by molar-refractivity contribution is -0.116. The molecule has 0 amide bonds. The first-order valence-electron chi connectivity index (χ1n) is 4.49. The lowest BCUT2D eigenvalue weighted by Gasteiger charge is -2.03. The van der Waals surface area contributed by atoms with Gasteiger partial charge in [-0.15, -0.1) is 0 Å². The minimum absolute atomic E-state index is 0.0483. The van der Waals surface area contributed by atoms with Crippen LogP contribution in [0.25, 0.3) is 0 Å². The fourth-order valence-corrected chi connectivity index (χ4v) is 2.41. The third-order valence-corrected chi connectivity index (χ3v) is 3.69. The molecule has 4 nitrogen and oxygen atoms in total. The first kappa shape index (κ1) is 11.7. The van der Waals surface area contributed by atoms with E-state index in [0.29, 0.717) is 5.69 Å². The van der Waals surface area contributed by atoms with Crippen molar-refractivity contribution in [2.75, 3.05) is 11.5 Å². The minimum atomic E-state index is -3.35. The predicted octanol–water partition coefficient (Wildman–Crippen LogP) is 1.02. The Hall–Kier alpha value is -1.36. The molecule has 0 aromatic heterocycles. The van der Waals surface area contributed by atoms with Crippen LogP contribution in [0.1, 0.15) is 13.3 Å². The number of hydrogen-bond acceptors (Lipinski definition) is 4. The molecule has 0 aliphatic rings. The largest absolute Gasteiger partial charge is 0.399 e. The fourth-order valence-electron chi connectivity index (χ4n) is 1.07. The fraction of sp³-hybridized carbons (Fsp3) is 0.300. The van der Waals surface area contributed by atoms with Gasteiger partial charge in [0.05, 0.1) is 10.6 Å². The Labute approximate surface area is 89.0 Å². The molecule has 0 bridgehead atoms. The van der Waals surface area contributed by atoms with E-state index in [2.05, 4.69) is 0 Å². The van der Waals surface area contributed by atoms with Gasteiger partial charge in [0.25, 0.3) is 0 Å². The molecule has 0 saturated heterocycles. The molecule has 1 aromatic rings. The van der Waals surface area contributed by atoms with Crippen LogP contribution >= 0.6 is 0 Å². The van der Waals surface area contributed by atoms with Gasteiger partial charge in [0.2, 0.25) is 0 Å². The molecular formula is C10H13NO3S. The highest BCUT2D eigenvalue weighted by molar-refractivity contribution is 7.91. The predicted molar refractivity (Wildman–Crippen MR) is 58.2 cm³/mol. The number of anilines is 1. The highest BCUT2D eigenvalue weighted by Crippen LogP contribution is 2.14. The van der Waals surface area contributed by atoms with E-state index >= 15 is 0 Å². The molecule has 0 heterocycles. The second-order valence-electron chi connectivity index (χ2n) is 3.34. The lowest BCUT2D eigenvalue weighted by Crippen LogP contribution is -2.09. The number of benzene rings is 1. The molecule has 82 valence electrons. The summed E-state index contributed by atoms with van der Waals surface area (Å²) in [5.41, 5.74) is 5.96. The first-order valence-corrected chi connectivity index (χ1v) is 6.15. The van der Waals surface area contributed by atoms with E-state index < -0.39 is 9.84 Å². The third kappa shape index (κ3) is 3.36. The zero-order chi connectivity index (χ0) is 11.5. The number of hydrogen-bond donors (Lipinski definition) is 1. The van der Waals surface area contributed by atoms with Crippen LogP contribution < -0.4 is 5.73 Å². The molecule has 15 heavy (non-hydrogen) atoms. The van der Waals surface area contributed by atoms with Gasteiger partial charge in [-0.05, 0) is 31.2 Å². The molecule has 0 aliphatic carbocycles. The summed E-state index contributed by atoms with van der Waals surface area (Å²) in [6.45, 7) is 1.37. The van der Waals surface area contributed by atoms with Crippen molar-refractivity contribution >= 4 is 21.3 Å². The number of nitrogen functional groups attached to an aromatic ring is 1. The quantitative estimate of drug-likeness (QED) is 0.779. The van der Waals surface area contributed by atoms with Gasteiger partial charge in [-0.3, -0.25) is 4.79 Å². The molecule has 1 rings (SSSR count). The maximum Gasteiger partial charge on any atom is 0.178 e. The Morgan fingerprint density at radius 3 is 2.27 bits per heavy atom. The molecule has 0 radical (unpaired) electrons. The molecule has 0 spiro atoms. The number of rotatable bonds is 4. The van der Waals surface area contributed by atoms with Crippen LogP contribution in [0, 0.1) is 0 Å². The number of Topliss-reactive ketones (excluding diaryl/α,β-unsaturated/α-hetero) is 1. The van der Waals surface area contributed by atoms with Crippen LogP contribution in [-0.4, -0.2) is 20.0 Å². The van der Waals surface area contributed by atoms with Gasteiger partial charge in [0, 0.05) is 12.1 Å². The minimum Gasteiger partial charge on any atom is -0.399 e. The van der Waals surface area contributed by atoms with E-state index in [4.69, 9.17) is 5.73 Å². The van der Waals surface area contributed by atoms with E-state index in [1.54, 1.807) is 0 Å². The topological polar surface area (TPSA) is 77.2 Å². The van der Waals surface area contributed by atoms with Gasteiger partial charge in [-0.2, -0.15) is 0 Å². The summed E-state index contributed by atoms with van der Waals surface area (Å²) in [5.74, 6) is -0.277. The summed E-state index contributed by atoms with van der Waals surface area (Å²) in [7, 11) is -3.35. The molecule has 0 fully saturated rings. The normalized spacial score (nSPS) is 11.3. The Bertz CT molecular complexity index is 448. The highest BCUT2D eigenvalue weighted by atomic mass is 32.2. The van der Waals surface area contributed by atoms with Crippen molar-refractivity contribution in [1.82, 2.24) is 0 Å². The van der Waals surface area contributed by atoms with Crippen LogP contribution in [0.5, 0.6) is 0 Å². The summed E-state index contributed by atoms with van der Waals surface area (Å²) >= 11 is 0. The third-order valence-electron chi connectivity index (χ3n) is 1.96. The van der Waals surface area contributed by atoms with Crippen molar-refractivity contribution in [3.63, 3.8) is 0 Å². The standard InChI is InChI=1S/C10H13NO3S/c1-8(12)6-7-15(13,14)10-4-2-9(11)3-5-10/h2-5H,6-7,11H2,1H3. The zero-order valence-electron chi connectivity index (χ0n) is 8.43. The van der Waals surface area contributed by atoms with Crippen molar-refractivity contribution in [3.8, 4) is 0 Å². The van der Waals surface area contributed by atoms with Crippen molar-refractivity contribution in [2.24, 2.45) is 0 Å². The van der Waals surface area contributed by atoms with Crippen LogP contribution in [0.4, 0.5) is 5.69 Å². The summed E-state index contributed by atoms with van der Waals surface area (Å²) in [5, 5.41) is 0. The number of ketones is 1. The van der Waals surface area contributed by atoms with Gasteiger partial charge in [0.15, 0.2) is 9.84 Å². The summed E-state index contributed by atoms with van der Waals surface area (Å²) < 4.78 is 23.3. The Morgan fingerprint density at radius 1 is 1.27 bits per heavy atom. The van der Waals surface area contributed by atoms with Gasteiger partial charge < -0.3 is 5.73 Å². The molecular weight excluding hydrogens is 214 g/mol. The molecule has 1 aromatic carbocycles. The maximum absolute atomic E-state index is 11.7. The summed E-state index contributed by atoms with van der Waals surface area (Å²) in [4.78, 5) is 10.9. The zero-order valence-corrected chi connectivity index (χ0v) is 9.25. The molecule has 0 unspecified atom stereocenters. The van der Waals surface area contributed by atoms with Gasteiger partial charge >= 0.3 is 0 Å². The molecule has 0 saturated carbocycles. The Morgan fingerprint density at radius 2 is 1.80 bits per heavy atom. The number of carbonyl (C=O) groups excluding carboxylic acids is 1. The molecule has 0 atom stereocenters. The van der Waals surface area contributed by atoms with Crippen molar-refractivity contribution in [2.45, 2.75) is 18.2 Å². The Balaban J connectivity index is 2.87. The molecule has 5 heteroatoms. The maximum atomic E-state index is 11.7. The number of sulfone groups is 1. The van der Waals surface area contributed by atoms with Gasteiger partial charge in [-0.25, -0.2) is 8.42 Å². The number of nitrogens with two attached hydrogens (primary N) is 1. The average Bonchev–Trinajstić information content (AvgIpc) is 2.16. The second kappa shape index (κ2) is 4.44. The number of carbonyl (C=O) groups is 1. The van der Waals surface area contributed by atoms with Crippen LogP contribution in [0.15, 0.2) is 29.2 Å². The van der Waals surface area contributed by atoms with E-state index in [1.165, 1.54) is 31.2 Å². The van der Waals surface area contributed by atoms with E-state index in [-0.39, 0.29) is 22.9 Å². The summed E-state index contributed by atoms with van der Waals surface area (Å²) in [6.07, 6.45) is 0.0483. The van der Waals surface area contributed by atoms with Crippen molar-refractivity contribution in [3.05, 3.63) is 24.3 Å². The first-order chi connectivity index (χ1) is 6.92. The van der Waals surface area contributed by atoms with E-state index in [1.807, 2.05) is 0 Å². The second-order valence-corrected chi connectivity index (χ2v) is 5.45. The average molecular weight is 227 g/mol. The smallest absolute Gasteiger partial charge is 0.178 e.